The molecule has 0 saturated carbocycles. The monoisotopic (exact) mass is 322 g/mol. The van der Waals surface area contributed by atoms with Crippen LogP contribution in [0, 0.1) is 6.92 Å². The van der Waals surface area contributed by atoms with E-state index < -0.39 is 0 Å². The minimum atomic E-state index is 0.421. The normalized spacial score (nSPS) is 11.6. The molecule has 0 amide bonds. The van der Waals surface area contributed by atoms with Crippen molar-refractivity contribution >= 4 is 34.1 Å². The molecule has 0 bridgehead atoms. The third-order valence-corrected chi connectivity index (χ3v) is 4.81. The van der Waals surface area contributed by atoms with Crippen LogP contribution in [0.2, 0.25) is 0 Å². The number of thiophene rings is 1. The highest BCUT2D eigenvalue weighted by atomic mass is 35.5. The van der Waals surface area contributed by atoms with Gasteiger partial charge >= 0.3 is 0 Å². The van der Waals surface area contributed by atoms with E-state index in [-0.39, 0.29) is 0 Å². The fourth-order valence-corrected chi connectivity index (χ4v) is 3.77. The molecule has 0 aliphatic heterocycles. The average molecular weight is 323 g/mol. The van der Waals surface area contributed by atoms with Gasteiger partial charge in [-0.25, -0.2) is 4.98 Å². The number of imidazole rings is 1. The van der Waals surface area contributed by atoms with Gasteiger partial charge in [0, 0.05) is 16.8 Å². The second-order valence-corrected chi connectivity index (χ2v) is 6.89. The van der Waals surface area contributed by atoms with Crippen molar-refractivity contribution in [2.75, 3.05) is 0 Å². The van der Waals surface area contributed by atoms with Gasteiger partial charge in [-0.15, -0.1) is 22.9 Å². The summed E-state index contributed by atoms with van der Waals surface area (Å²) < 4.78 is 4.13. The van der Waals surface area contributed by atoms with E-state index in [1.165, 1.54) is 9.75 Å². The molecule has 3 aromatic rings. The Hall–Kier alpha value is -1.33. The van der Waals surface area contributed by atoms with Crippen molar-refractivity contribution < 1.29 is 0 Å². The topological polar surface area (TPSA) is 35.6 Å². The second kappa shape index (κ2) is 5.81. The molecule has 0 N–H and O–H groups in total. The van der Waals surface area contributed by atoms with E-state index >= 15 is 0 Å². The van der Waals surface area contributed by atoms with Gasteiger partial charge in [0.25, 0.3) is 0 Å². The Morgan fingerprint density at radius 2 is 2.14 bits per heavy atom. The number of alkyl halides is 1. The van der Waals surface area contributed by atoms with Gasteiger partial charge in [-0.2, -0.15) is 5.10 Å². The number of fused-ring (bicyclic) bond motifs is 1. The van der Waals surface area contributed by atoms with E-state index in [1.54, 1.807) is 0 Å². The maximum absolute atomic E-state index is 6.10. The molecule has 4 nitrogen and oxygen atoms in total. The van der Waals surface area contributed by atoms with Crippen LogP contribution in [-0.4, -0.2) is 19.3 Å². The van der Waals surface area contributed by atoms with Crippen LogP contribution in [0.25, 0.3) is 11.2 Å². The Morgan fingerprint density at radius 1 is 1.33 bits per heavy atom. The van der Waals surface area contributed by atoms with Gasteiger partial charge in [-0.05, 0) is 25.5 Å². The molecule has 0 aliphatic carbocycles. The second-order valence-electron chi connectivity index (χ2n) is 5.25. The summed E-state index contributed by atoms with van der Waals surface area (Å²) in [4.78, 5) is 7.37. The van der Waals surface area contributed by atoms with Crippen molar-refractivity contribution in [3.63, 3.8) is 0 Å². The quantitative estimate of drug-likeness (QED) is 0.668. The molecule has 0 aliphatic rings. The van der Waals surface area contributed by atoms with Crippen molar-refractivity contribution in [1.82, 2.24) is 19.3 Å². The summed E-state index contributed by atoms with van der Waals surface area (Å²) in [6.07, 6.45) is 2.02. The van der Waals surface area contributed by atoms with Crippen LogP contribution in [0.5, 0.6) is 0 Å². The molecule has 0 unspecified atom stereocenters. The van der Waals surface area contributed by atoms with Crippen LogP contribution >= 0.6 is 22.9 Å². The van der Waals surface area contributed by atoms with Gasteiger partial charge in [0.05, 0.1) is 18.1 Å². The SMILES string of the molecule is CCCc1nn(C)c2c1nc(CCl)n2Cc1ccc(C)s1. The van der Waals surface area contributed by atoms with E-state index in [0.717, 1.165) is 42.1 Å². The number of halogens is 1. The number of rotatable bonds is 5. The minimum absolute atomic E-state index is 0.421. The molecule has 0 atom stereocenters. The molecule has 0 aromatic carbocycles. The number of aromatic nitrogens is 4. The lowest BCUT2D eigenvalue weighted by molar-refractivity contribution is 0.696. The Kier molecular flexibility index (Phi) is 4.04. The van der Waals surface area contributed by atoms with E-state index in [4.69, 9.17) is 16.6 Å². The minimum Gasteiger partial charge on any atom is -0.307 e. The van der Waals surface area contributed by atoms with Crippen molar-refractivity contribution in [1.29, 1.82) is 0 Å². The summed E-state index contributed by atoms with van der Waals surface area (Å²) in [5, 5.41) is 4.62. The number of hydrogen-bond donors (Lipinski definition) is 0. The van der Waals surface area contributed by atoms with Gasteiger partial charge in [0.1, 0.15) is 11.3 Å². The molecule has 0 radical (unpaired) electrons. The standard InChI is InChI=1S/C15H19ClN4S/c1-4-5-12-14-15(19(3)18-12)20(13(8-16)17-14)9-11-7-6-10(2)21-11/h6-7H,4-5,8-9H2,1-3H3. The molecule has 0 saturated heterocycles. The lowest BCUT2D eigenvalue weighted by Crippen LogP contribution is -2.06. The maximum atomic E-state index is 6.10. The van der Waals surface area contributed by atoms with Gasteiger partial charge < -0.3 is 4.57 Å². The lowest BCUT2D eigenvalue weighted by atomic mass is 10.2. The van der Waals surface area contributed by atoms with Crippen molar-refractivity contribution in [2.24, 2.45) is 7.05 Å². The van der Waals surface area contributed by atoms with Crippen LogP contribution in [0.15, 0.2) is 12.1 Å². The van der Waals surface area contributed by atoms with Crippen LogP contribution in [0.4, 0.5) is 0 Å². The Balaban J connectivity index is 2.11. The summed E-state index contributed by atoms with van der Waals surface area (Å²) in [6.45, 7) is 5.10. The number of nitrogens with zero attached hydrogens (tertiary/aromatic N) is 4. The summed E-state index contributed by atoms with van der Waals surface area (Å²) in [5.41, 5.74) is 3.14. The molecule has 112 valence electrons. The van der Waals surface area contributed by atoms with Gasteiger partial charge in [-0.3, -0.25) is 4.68 Å². The summed E-state index contributed by atoms with van der Waals surface area (Å²) in [5.74, 6) is 1.34. The van der Waals surface area contributed by atoms with Gasteiger partial charge in [0.15, 0.2) is 5.65 Å². The average Bonchev–Trinajstić information content (AvgIpc) is 3.09. The predicted octanol–water partition coefficient (Wildman–Crippen LogP) is 3.88. The van der Waals surface area contributed by atoms with Crippen molar-refractivity contribution in [2.45, 2.75) is 39.1 Å². The first-order chi connectivity index (χ1) is 10.1. The van der Waals surface area contributed by atoms with Crippen molar-refractivity contribution in [3.05, 3.63) is 33.4 Å². The molecule has 21 heavy (non-hydrogen) atoms. The van der Waals surface area contributed by atoms with Crippen LogP contribution < -0.4 is 0 Å². The molecule has 3 heterocycles. The summed E-state index contributed by atoms with van der Waals surface area (Å²) >= 11 is 7.92. The molecule has 0 fully saturated rings. The maximum Gasteiger partial charge on any atom is 0.159 e. The summed E-state index contributed by atoms with van der Waals surface area (Å²) in [7, 11) is 1.98. The van der Waals surface area contributed by atoms with Gasteiger partial charge in [-0.1, -0.05) is 13.3 Å². The van der Waals surface area contributed by atoms with E-state index in [0.29, 0.717) is 5.88 Å². The molecular weight excluding hydrogens is 304 g/mol. The number of aryl methyl sites for hydroxylation is 3. The third kappa shape index (κ3) is 2.60. The zero-order valence-corrected chi connectivity index (χ0v) is 14.1. The molecule has 3 aromatic heterocycles. The van der Waals surface area contributed by atoms with Crippen molar-refractivity contribution in [3.8, 4) is 0 Å². The summed E-state index contributed by atoms with van der Waals surface area (Å²) in [6, 6.07) is 4.33. The zero-order chi connectivity index (χ0) is 15.0. The number of hydrogen-bond acceptors (Lipinski definition) is 3. The zero-order valence-electron chi connectivity index (χ0n) is 12.6. The fourth-order valence-electron chi connectivity index (χ4n) is 2.69. The Bertz CT molecular complexity index is 768. The first kappa shape index (κ1) is 14.6. The predicted molar refractivity (Wildman–Crippen MR) is 88.2 cm³/mol. The highest BCUT2D eigenvalue weighted by Crippen LogP contribution is 2.24. The smallest absolute Gasteiger partial charge is 0.159 e. The first-order valence-corrected chi connectivity index (χ1v) is 8.51. The fraction of sp³-hybridized carbons (Fsp3) is 0.467. The highest BCUT2D eigenvalue weighted by molar-refractivity contribution is 7.11. The Morgan fingerprint density at radius 3 is 2.76 bits per heavy atom. The molecule has 6 heteroatoms. The van der Waals surface area contributed by atoms with E-state index in [9.17, 15) is 0 Å². The lowest BCUT2D eigenvalue weighted by Gasteiger charge is -2.06. The highest BCUT2D eigenvalue weighted by Gasteiger charge is 2.18. The largest absolute Gasteiger partial charge is 0.307 e. The Labute approximate surface area is 133 Å². The first-order valence-electron chi connectivity index (χ1n) is 7.16. The van der Waals surface area contributed by atoms with E-state index in [1.807, 2.05) is 23.1 Å². The van der Waals surface area contributed by atoms with Crippen LogP contribution in [0.3, 0.4) is 0 Å². The van der Waals surface area contributed by atoms with E-state index in [2.05, 4.69) is 35.6 Å². The van der Waals surface area contributed by atoms with Crippen LogP contribution in [-0.2, 0) is 25.9 Å². The third-order valence-electron chi connectivity index (χ3n) is 3.59. The molecule has 3 rings (SSSR count). The molecular formula is C15H19ClN4S. The van der Waals surface area contributed by atoms with Gasteiger partial charge in [0.2, 0.25) is 0 Å². The molecule has 0 spiro atoms. The van der Waals surface area contributed by atoms with Crippen LogP contribution in [0.1, 0.15) is 34.6 Å².